The third-order valence-corrected chi connectivity index (χ3v) is 3.04. The van der Waals surface area contributed by atoms with E-state index in [4.69, 9.17) is 11.0 Å². The van der Waals surface area contributed by atoms with Crippen LogP contribution in [0.2, 0.25) is 0 Å². The van der Waals surface area contributed by atoms with Crippen LogP contribution in [0.15, 0.2) is 23.1 Å². The van der Waals surface area contributed by atoms with Crippen molar-refractivity contribution < 1.29 is 4.79 Å². The molecule has 3 nitrogen and oxygen atoms in total. The van der Waals surface area contributed by atoms with Gasteiger partial charge in [-0.1, -0.05) is 23.6 Å². The van der Waals surface area contributed by atoms with Gasteiger partial charge in [-0.2, -0.15) is 5.26 Å². The Hall–Kier alpha value is -1.56. The maximum atomic E-state index is 10.7. The van der Waals surface area contributed by atoms with Crippen molar-refractivity contribution in [3.63, 3.8) is 0 Å². The second kappa shape index (κ2) is 6.90. The standard InChI is InChI=1S/C12H10N2OS2/c1-9(15)16-6-2-3-10-7-11(17-8-13)4-5-12(10)14/h4-5,7H,6,14H2,1H3. The van der Waals surface area contributed by atoms with E-state index in [0.717, 1.165) is 28.4 Å². The first-order valence-electron chi connectivity index (χ1n) is 4.71. The molecular formula is C12H10N2OS2. The summed E-state index contributed by atoms with van der Waals surface area (Å²) in [7, 11) is 0. The van der Waals surface area contributed by atoms with E-state index in [-0.39, 0.29) is 5.12 Å². The number of anilines is 1. The quantitative estimate of drug-likeness (QED) is 0.384. The van der Waals surface area contributed by atoms with Crippen LogP contribution in [-0.4, -0.2) is 10.9 Å². The fourth-order valence-electron chi connectivity index (χ4n) is 1.03. The molecule has 17 heavy (non-hydrogen) atoms. The largest absolute Gasteiger partial charge is 0.398 e. The second-order valence-electron chi connectivity index (χ2n) is 3.02. The van der Waals surface area contributed by atoms with Crippen LogP contribution in [0, 0.1) is 22.5 Å². The van der Waals surface area contributed by atoms with E-state index in [2.05, 4.69) is 11.8 Å². The molecule has 0 aromatic heterocycles. The Morgan fingerprint density at radius 3 is 2.94 bits per heavy atom. The maximum absolute atomic E-state index is 10.7. The molecular weight excluding hydrogens is 252 g/mol. The number of carbonyl (C=O) groups is 1. The number of nitrogens with zero attached hydrogens (tertiary/aromatic N) is 1. The number of hydrogen-bond acceptors (Lipinski definition) is 5. The zero-order valence-electron chi connectivity index (χ0n) is 9.19. The molecule has 1 aromatic carbocycles. The molecule has 0 saturated carbocycles. The number of benzene rings is 1. The fraction of sp³-hybridized carbons (Fsp3) is 0.167. The number of thioether (sulfide) groups is 2. The molecule has 0 spiro atoms. The van der Waals surface area contributed by atoms with Crippen molar-refractivity contribution in [1.82, 2.24) is 0 Å². The van der Waals surface area contributed by atoms with Crippen LogP contribution in [0.25, 0.3) is 0 Å². The summed E-state index contributed by atoms with van der Waals surface area (Å²) >= 11 is 2.23. The lowest BCUT2D eigenvalue weighted by atomic mass is 10.2. The van der Waals surface area contributed by atoms with Gasteiger partial charge in [-0.3, -0.25) is 4.79 Å². The van der Waals surface area contributed by atoms with Gasteiger partial charge in [0.25, 0.3) is 0 Å². The summed E-state index contributed by atoms with van der Waals surface area (Å²) < 4.78 is 0. The lowest BCUT2D eigenvalue weighted by Gasteiger charge is -1.99. The van der Waals surface area contributed by atoms with Gasteiger partial charge in [0.2, 0.25) is 0 Å². The molecule has 5 heteroatoms. The first kappa shape index (κ1) is 13.5. The summed E-state index contributed by atoms with van der Waals surface area (Å²) in [4.78, 5) is 11.5. The Bertz CT molecular complexity index is 524. The van der Waals surface area contributed by atoms with Crippen molar-refractivity contribution in [1.29, 1.82) is 5.26 Å². The lowest BCUT2D eigenvalue weighted by molar-refractivity contribution is -0.109. The van der Waals surface area contributed by atoms with Gasteiger partial charge in [-0.15, -0.1) is 0 Å². The number of nitrogen functional groups attached to an aromatic ring is 1. The van der Waals surface area contributed by atoms with Crippen molar-refractivity contribution in [3.05, 3.63) is 23.8 Å². The fourth-order valence-corrected chi connectivity index (χ4v) is 1.79. The third-order valence-electron chi connectivity index (χ3n) is 1.76. The van der Waals surface area contributed by atoms with Crippen molar-refractivity contribution in [2.75, 3.05) is 11.5 Å². The Kier molecular flexibility index (Phi) is 5.48. The minimum absolute atomic E-state index is 0.0426. The number of thiocyanates is 1. The molecule has 0 atom stereocenters. The predicted octanol–water partition coefficient (Wildman–Crippen LogP) is 2.47. The van der Waals surface area contributed by atoms with Crippen LogP contribution in [0.4, 0.5) is 5.69 Å². The molecule has 1 rings (SSSR count). The van der Waals surface area contributed by atoms with E-state index < -0.39 is 0 Å². The summed E-state index contributed by atoms with van der Waals surface area (Å²) in [6.45, 7) is 1.50. The molecule has 0 amide bonds. The van der Waals surface area contributed by atoms with Crippen molar-refractivity contribution in [2.45, 2.75) is 11.8 Å². The lowest BCUT2D eigenvalue weighted by Crippen LogP contribution is -1.90. The first-order chi connectivity index (χ1) is 8.13. The molecule has 0 unspecified atom stereocenters. The Balaban J connectivity index is 2.79. The second-order valence-corrected chi connectivity index (χ2v) is 5.03. The topological polar surface area (TPSA) is 66.9 Å². The number of carbonyl (C=O) groups excluding carboxylic acids is 1. The van der Waals surface area contributed by atoms with Crippen molar-refractivity contribution in [3.8, 4) is 17.2 Å². The van der Waals surface area contributed by atoms with E-state index >= 15 is 0 Å². The highest BCUT2D eigenvalue weighted by atomic mass is 32.2. The predicted molar refractivity (Wildman–Crippen MR) is 72.3 cm³/mol. The zero-order valence-corrected chi connectivity index (χ0v) is 10.8. The molecule has 0 saturated heterocycles. The Morgan fingerprint density at radius 1 is 1.53 bits per heavy atom. The normalized spacial score (nSPS) is 8.94. The molecule has 0 aliphatic carbocycles. The summed E-state index contributed by atoms with van der Waals surface area (Å²) in [5.74, 6) is 6.21. The highest BCUT2D eigenvalue weighted by Gasteiger charge is 1.99. The minimum Gasteiger partial charge on any atom is -0.398 e. The monoisotopic (exact) mass is 262 g/mol. The molecule has 1 aromatic rings. The minimum atomic E-state index is 0.0426. The van der Waals surface area contributed by atoms with Crippen LogP contribution in [0.5, 0.6) is 0 Å². The average Bonchev–Trinajstić information content (AvgIpc) is 2.28. The van der Waals surface area contributed by atoms with Crippen LogP contribution < -0.4 is 5.73 Å². The Labute approximate surface area is 109 Å². The first-order valence-corrected chi connectivity index (χ1v) is 6.51. The van der Waals surface area contributed by atoms with Gasteiger partial charge >= 0.3 is 0 Å². The summed E-state index contributed by atoms with van der Waals surface area (Å²) in [5, 5.41) is 10.6. The van der Waals surface area contributed by atoms with Gasteiger partial charge < -0.3 is 5.73 Å². The molecule has 86 valence electrons. The van der Waals surface area contributed by atoms with Gasteiger partial charge in [-0.05, 0) is 30.0 Å². The number of nitrogens with two attached hydrogens (primary N) is 1. The van der Waals surface area contributed by atoms with Gasteiger partial charge in [0.15, 0.2) is 5.12 Å². The van der Waals surface area contributed by atoms with Crippen LogP contribution in [-0.2, 0) is 4.79 Å². The number of rotatable bonds is 2. The average molecular weight is 262 g/mol. The van der Waals surface area contributed by atoms with E-state index in [9.17, 15) is 4.79 Å². The number of nitriles is 1. The van der Waals surface area contributed by atoms with Crippen LogP contribution in [0.3, 0.4) is 0 Å². The molecule has 0 heterocycles. The third kappa shape index (κ3) is 4.86. The molecule has 0 fully saturated rings. The molecule has 0 bridgehead atoms. The smallest absolute Gasteiger partial charge is 0.186 e. The molecule has 0 radical (unpaired) electrons. The maximum Gasteiger partial charge on any atom is 0.186 e. The van der Waals surface area contributed by atoms with E-state index in [1.165, 1.54) is 6.92 Å². The number of hydrogen-bond donors (Lipinski definition) is 1. The van der Waals surface area contributed by atoms with Crippen molar-refractivity contribution in [2.24, 2.45) is 0 Å². The molecule has 2 N–H and O–H groups in total. The molecule has 0 aliphatic rings. The van der Waals surface area contributed by atoms with Crippen LogP contribution in [0.1, 0.15) is 12.5 Å². The summed E-state index contributed by atoms with van der Waals surface area (Å²) in [6, 6.07) is 5.27. The molecule has 0 aliphatic heterocycles. The Morgan fingerprint density at radius 2 is 2.29 bits per heavy atom. The summed E-state index contributed by atoms with van der Waals surface area (Å²) in [6.07, 6.45) is 0. The van der Waals surface area contributed by atoms with Gasteiger partial charge in [0.1, 0.15) is 5.40 Å². The van der Waals surface area contributed by atoms with E-state index in [1.54, 1.807) is 18.2 Å². The van der Waals surface area contributed by atoms with E-state index in [0.29, 0.717) is 17.0 Å². The SMILES string of the molecule is CC(=O)SCC#Cc1cc(SC#N)ccc1N. The van der Waals surface area contributed by atoms with E-state index in [1.807, 2.05) is 5.40 Å². The van der Waals surface area contributed by atoms with Gasteiger partial charge in [0, 0.05) is 23.1 Å². The summed E-state index contributed by atoms with van der Waals surface area (Å²) in [5.41, 5.74) is 7.02. The van der Waals surface area contributed by atoms with Gasteiger partial charge in [0.05, 0.1) is 5.75 Å². The zero-order chi connectivity index (χ0) is 12.7. The van der Waals surface area contributed by atoms with Crippen molar-refractivity contribution >= 4 is 34.3 Å². The highest BCUT2D eigenvalue weighted by molar-refractivity contribution is 8.13. The van der Waals surface area contributed by atoms with Crippen LogP contribution >= 0.6 is 23.5 Å². The van der Waals surface area contributed by atoms with Gasteiger partial charge in [-0.25, -0.2) is 0 Å². The highest BCUT2D eigenvalue weighted by Crippen LogP contribution is 2.21.